The van der Waals surface area contributed by atoms with Gasteiger partial charge in [0.15, 0.2) is 9.84 Å². The molecule has 0 bridgehead atoms. The highest BCUT2D eigenvalue weighted by molar-refractivity contribution is 7.91. The number of benzene rings is 1. The first kappa shape index (κ1) is 12.1. The summed E-state index contributed by atoms with van der Waals surface area (Å²) in [5.41, 5.74) is 0.398. The average Bonchev–Trinajstić information content (AvgIpc) is 2.15. The molecule has 0 aromatic heterocycles. The first-order valence-corrected chi connectivity index (χ1v) is 6.40. The average molecular weight is 232 g/mol. The molecule has 0 spiro atoms. The van der Waals surface area contributed by atoms with Crippen molar-refractivity contribution in [1.29, 1.82) is 0 Å². The minimum atomic E-state index is -3.30. The highest BCUT2D eigenvalue weighted by Gasteiger charge is 2.25. The van der Waals surface area contributed by atoms with Gasteiger partial charge < -0.3 is 5.11 Å². The molecule has 0 aliphatic rings. The van der Waals surface area contributed by atoms with E-state index >= 15 is 0 Å². The van der Waals surface area contributed by atoms with E-state index in [2.05, 4.69) is 0 Å². The Morgan fingerprint density at radius 3 is 2.13 bits per heavy atom. The van der Waals surface area contributed by atoms with Gasteiger partial charge in [0, 0.05) is 6.26 Å². The van der Waals surface area contributed by atoms with Crippen LogP contribution in [0.5, 0.6) is 0 Å². The van der Waals surface area contributed by atoms with Crippen molar-refractivity contribution >= 4 is 9.84 Å². The van der Waals surface area contributed by atoms with E-state index in [1.807, 2.05) is 0 Å². The maximum atomic E-state index is 12.6. The third-order valence-corrected chi connectivity index (χ3v) is 3.94. The zero-order chi connectivity index (χ0) is 11.6. The quantitative estimate of drug-likeness (QED) is 0.854. The van der Waals surface area contributed by atoms with Gasteiger partial charge in [-0.3, -0.25) is 0 Å². The molecule has 1 N–H and O–H groups in total. The maximum Gasteiger partial charge on any atom is 0.152 e. The van der Waals surface area contributed by atoms with Gasteiger partial charge in [-0.2, -0.15) is 0 Å². The Bertz CT molecular complexity index is 424. The number of sulfone groups is 1. The Balaban J connectivity index is 2.95. The summed E-state index contributed by atoms with van der Waals surface area (Å²) in [6, 6.07) is 5.13. The van der Waals surface area contributed by atoms with Crippen LogP contribution >= 0.6 is 0 Å². The van der Waals surface area contributed by atoms with Gasteiger partial charge in [0.05, 0.1) is 11.4 Å². The van der Waals surface area contributed by atoms with Crippen LogP contribution in [0.15, 0.2) is 24.3 Å². The monoisotopic (exact) mass is 232 g/mol. The minimum absolute atomic E-state index is 0.398. The lowest BCUT2D eigenvalue weighted by atomic mass is 10.1. The highest BCUT2D eigenvalue weighted by Crippen LogP contribution is 2.21. The molecule has 3 nitrogen and oxygen atoms in total. The van der Waals surface area contributed by atoms with Gasteiger partial charge in [-0.05, 0) is 24.6 Å². The van der Waals surface area contributed by atoms with Crippen LogP contribution in [0.4, 0.5) is 4.39 Å². The van der Waals surface area contributed by atoms with Crippen LogP contribution in [0.2, 0.25) is 0 Å². The molecule has 84 valence electrons. The molecule has 0 heterocycles. The SMILES string of the molecule is C[C@H]([C@@H](O)c1ccc(F)cc1)S(C)(=O)=O. The Morgan fingerprint density at radius 1 is 1.27 bits per heavy atom. The molecule has 2 atom stereocenters. The molecule has 0 radical (unpaired) electrons. The number of halogens is 1. The zero-order valence-electron chi connectivity index (χ0n) is 8.51. The third kappa shape index (κ3) is 3.00. The van der Waals surface area contributed by atoms with Crippen molar-refractivity contribution in [3.63, 3.8) is 0 Å². The summed E-state index contributed by atoms with van der Waals surface area (Å²) in [6.45, 7) is 1.42. The van der Waals surface area contributed by atoms with Crippen LogP contribution in [-0.2, 0) is 9.84 Å². The van der Waals surface area contributed by atoms with Crippen molar-refractivity contribution in [2.24, 2.45) is 0 Å². The molecule has 5 heteroatoms. The summed E-state index contributed by atoms with van der Waals surface area (Å²) in [6.07, 6.45) is -0.0645. The van der Waals surface area contributed by atoms with Crippen LogP contribution in [0.1, 0.15) is 18.6 Å². The fourth-order valence-corrected chi connectivity index (χ4v) is 1.79. The smallest absolute Gasteiger partial charge is 0.152 e. The largest absolute Gasteiger partial charge is 0.387 e. The standard InChI is InChI=1S/C10H13FO3S/c1-7(15(2,13)14)10(12)8-3-5-9(11)6-4-8/h3-7,10,12H,1-2H3/t7-,10-/m1/s1. The lowest BCUT2D eigenvalue weighted by Crippen LogP contribution is -2.24. The normalized spacial score (nSPS) is 16.0. The Hall–Kier alpha value is -0.940. The van der Waals surface area contributed by atoms with Crippen molar-refractivity contribution in [2.45, 2.75) is 18.3 Å². The Morgan fingerprint density at radius 2 is 1.73 bits per heavy atom. The first-order chi connectivity index (χ1) is 6.82. The van der Waals surface area contributed by atoms with Crippen molar-refractivity contribution in [3.05, 3.63) is 35.6 Å². The number of aliphatic hydroxyl groups excluding tert-OH is 1. The molecule has 0 aliphatic carbocycles. The van der Waals surface area contributed by atoms with Gasteiger partial charge in [-0.25, -0.2) is 12.8 Å². The first-order valence-electron chi connectivity index (χ1n) is 4.45. The van der Waals surface area contributed by atoms with Gasteiger partial charge in [0.2, 0.25) is 0 Å². The van der Waals surface area contributed by atoms with Crippen molar-refractivity contribution in [1.82, 2.24) is 0 Å². The molecule has 1 rings (SSSR count). The molecule has 1 aromatic carbocycles. The van der Waals surface area contributed by atoms with E-state index in [0.717, 1.165) is 6.26 Å². The van der Waals surface area contributed by atoms with Gasteiger partial charge >= 0.3 is 0 Å². The van der Waals surface area contributed by atoms with E-state index in [4.69, 9.17) is 0 Å². The summed E-state index contributed by atoms with van der Waals surface area (Å²) < 4.78 is 34.9. The topological polar surface area (TPSA) is 54.4 Å². The predicted molar refractivity (Wildman–Crippen MR) is 55.7 cm³/mol. The van der Waals surface area contributed by atoms with E-state index < -0.39 is 27.0 Å². The number of rotatable bonds is 3. The molecular formula is C10H13FO3S. The predicted octanol–water partition coefficient (Wildman–Crippen LogP) is 1.29. The second-order valence-corrected chi connectivity index (χ2v) is 5.93. The molecule has 1 aromatic rings. The summed E-state index contributed by atoms with van der Waals surface area (Å²) in [7, 11) is -3.30. The summed E-state index contributed by atoms with van der Waals surface area (Å²) >= 11 is 0. The lowest BCUT2D eigenvalue weighted by Gasteiger charge is -2.17. The summed E-state index contributed by atoms with van der Waals surface area (Å²) in [5.74, 6) is -0.419. The highest BCUT2D eigenvalue weighted by atomic mass is 32.2. The van der Waals surface area contributed by atoms with E-state index in [1.54, 1.807) is 0 Å². The number of aliphatic hydroxyl groups is 1. The van der Waals surface area contributed by atoms with E-state index in [0.29, 0.717) is 5.56 Å². The molecule has 15 heavy (non-hydrogen) atoms. The Labute approximate surface area is 88.5 Å². The molecule has 0 fully saturated rings. The van der Waals surface area contributed by atoms with Gasteiger partial charge in [-0.15, -0.1) is 0 Å². The van der Waals surface area contributed by atoms with Crippen molar-refractivity contribution < 1.29 is 17.9 Å². The van der Waals surface area contributed by atoms with Crippen LogP contribution in [0, 0.1) is 5.82 Å². The third-order valence-electron chi connectivity index (χ3n) is 2.33. The molecule has 0 aliphatic heterocycles. The van der Waals surface area contributed by atoms with Crippen LogP contribution in [0.3, 0.4) is 0 Å². The molecular weight excluding hydrogens is 219 g/mol. The molecule has 0 amide bonds. The van der Waals surface area contributed by atoms with E-state index in [1.165, 1.54) is 31.2 Å². The second-order valence-electron chi connectivity index (χ2n) is 3.53. The van der Waals surface area contributed by atoms with Crippen LogP contribution < -0.4 is 0 Å². The van der Waals surface area contributed by atoms with Crippen LogP contribution in [-0.4, -0.2) is 25.0 Å². The van der Waals surface area contributed by atoms with Crippen molar-refractivity contribution in [2.75, 3.05) is 6.26 Å². The minimum Gasteiger partial charge on any atom is -0.387 e. The van der Waals surface area contributed by atoms with Gasteiger partial charge in [0.1, 0.15) is 5.82 Å². The second kappa shape index (κ2) is 4.28. The lowest BCUT2D eigenvalue weighted by molar-refractivity contribution is 0.176. The van der Waals surface area contributed by atoms with E-state index in [-0.39, 0.29) is 0 Å². The van der Waals surface area contributed by atoms with Gasteiger partial charge in [0.25, 0.3) is 0 Å². The van der Waals surface area contributed by atoms with Gasteiger partial charge in [-0.1, -0.05) is 12.1 Å². The fraction of sp³-hybridized carbons (Fsp3) is 0.400. The molecule has 0 saturated carbocycles. The Kier molecular flexibility index (Phi) is 3.46. The van der Waals surface area contributed by atoms with Crippen molar-refractivity contribution in [3.8, 4) is 0 Å². The zero-order valence-corrected chi connectivity index (χ0v) is 9.33. The maximum absolute atomic E-state index is 12.6. The summed E-state index contributed by atoms with van der Waals surface area (Å²) in [5, 5.41) is 8.81. The molecule has 0 saturated heterocycles. The summed E-state index contributed by atoms with van der Waals surface area (Å²) in [4.78, 5) is 0. The molecule has 0 unspecified atom stereocenters. The van der Waals surface area contributed by atoms with Crippen LogP contribution in [0.25, 0.3) is 0 Å². The number of hydrogen-bond acceptors (Lipinski definition) is 3. The number of hydrogen-bond donors (Lipinski definition) is 1. The fourth-order valence-electron chi connectivity index (χ4n) is 1.17. The van der Waals surface area contributed by atoms with E-state index in [9.17, 15) is 17.9 Å².